The van der Waals surface area contributed by atoms with E-state index in [1.807, 2.05) is 55.6 Å². The first-order chi connectivity index (χ1) is 13.7. The molecule has 3 aromatic heterocycles. The van der Waals surface area contributed by atoms with Gasteiger partial charge in [-0.15, -0.1) is 0 Å². The Morgan fingerprint density at radius 1 is 1.04 bits per heavy atom. The SMILES string of the molecule is Cc1nc(NCCNC(=O)c2ccc3ccccc3n2)cc(-n2cccn2)n1. The van der Waals surface area contributed by atoms with Gasteiger partial charge in [0.1, 0.15) is 17.3 Å². The van der Waals surface area contributed by atoms with Gasteiger partial charge in [0.2, 0.25) is 0 Å². The predicted molar refractivity (Wildman–Crippen MR) is 106 cm³/mol. The highest BCUT2D eigenvalue weighted by atomic mass is 16.1. The summed E-state index contributed by atoms with van der Waals surface area (Å²) in [5.74, 6) is 1.80. The average molecular weight is 373 g/mol. The molecule has 0 aliphatic carbocycles. The summed E-state index contributed by atoms with van der Waals surface area (Å²) in [7, 11) is 0. The Kier molecular flexibility index (Phi) is 4.92. The van der Waals surface area contributed by atoms with Crippen LogP contribution in [0.5, 0.6) is 0 Å². The molecule has 2 N–H and O–H groups in total. The number of amides is 1. The number of carbonyl (C=O) groups excluding carboxylic acids is 1. The molecule has 0 bridgehead atoms. The zero-order chi connectivity index (χ0) is 19.3. The third-order valence-electron chi connectivity index (χ3n) is 4.11. The van der Waals surface area contributed by atoms with Gasteiger partial charge in [-0.05, 0) is 25.1 Å². The molecular formula is C20H19N7O. The van der Waals surface area contributed by atoms with Gasteiger partial charge in [-0.2, -0.15) is 5.10 Å². The van der Waals surface area contributed by atoms with Crippen molar-refractivity contribution in [3.8, 4) is 5.82 Å². The van der Waals surface area contributed by atoms with Crippen molar-refractivity contribution in [3.63, 3.8) is 0 Å². The summed E-state index contributed by atoms with van der Waals surface area (Å²) in [6, 6.07) is 15.0. The minimum atomic E-state index is -0.205. The molecule has 1 aromatic carbocycles. The number of aromatic nitrogens is 5. The van der Waals surface area contributed by atoms with E-state index < -0.39 is 0 Å². The Labute approximate surface area is 161 Å². The van der Waals surface area contributed by atoms with Crippen molar-refractivity contribution in [2.75, 3.05) is 18.4 Å². The van der Waals surface area contributed by atoms with Gasteiger partial charge in [0.05, 0.1) is 5.52 Å². The first-order valence-corrected chi connectivity index (χ1v) is 8.92. The van der Waals surface area contributed by atoms with Crippen LogP contribution in [0.3, 0.4) is 0 Å². The molecular weight excluding hydrogens is 354 g/mol. The van der Waals surface area contributed by atoms with Gasteiger partial charge in [-0.3, -0.25) is 4.79 Å². The molecule has 28 heavy (non-hydrogen) atoms. The van der Waals surface area contributed by atoms with E-state index in [0.29, 0.717) is 36.2 Å². The predicted octanol–water partition coefficient (Wildman–Crippen LogP) is 2.36. The second kappa shape index (κ2) is 7.83. The van der Waals surface area contributed by atoms with Gasteiger partial charge in [-0.25, -0.2) is 19.6 Å². The highest BCUT2D eigenvalue weighted by Crippen LogP contribution is 2.12. The molecule has 0 saturated carbocycles. The van der Waals surface area contributed by atoms with Crippen LogP contribution in [0.25, 0.3) is 16.7 Å². The fourth-order valence-electron chi connectivity index (χ4n) is 2.81. The van der Waals surface area contributed by atoms with Crippen LogP contribution in [0.1, 0.15) is 16.3 Å². The maximum atomic E-state index is 12.3. The maximum absolute atomic E-state index is 12.3. The molecule has 0 spiro atoms. The molecule has 8 heteroatoms. The number of pyridine rings is 1. The van der Waals surface area contributed by atoms with E-state index >= 15 is 0 Å². The molecule has 1 amide bonds. The lowest BCUT2D eigenvalue weighted by Gasteiger charge is -2.09. The number of rotatable bonds is 6. The molecule has 3 heterocycles. The number of nitrogens with zero attached hydrogens (tertiary/aromatic N) is 5. The Balaban J connectivity index is 1.34. The second-order valence-electron chi connectivity index (χ2n) is 6.18. The van der Waals surface area contributed by atoms with E-state index in [1.165, 1.54) is 0 Å². The molecule has 0 atom stereocenters. The molecule has 0 unspecified atom stereocenters. The van der Waals surface area contributed by atoms with E-state index in [9.17, 15) is 4.79 Å². The standard InChI is InChI=1S/C20H19N7O/c1-14-24-18(13-19(25-14)27-12-4-9-23-27)21-10-11-22-20(28)17-8-7-15-5-2-3-6-16(15)26-17/h2-9,12-13H,10-11H2,1H3,(H,22,28)(H,21,24,25). The monoisotopic (exact) mass is 373 g/mol. The largest absolute Gasteiger partial charge is 0.368 e. The lowest BCUT2D eigenvalue weighted by molar-refractivity contribution is 0.0950. The van der Waals surface area contributed by atoms with Crippen LogP contribution in [0, 0.1) is 6.92 Å². The summed E-state index contributed by atoms with van der Waals surface area (Å²) >= 11 is 0. The summed E-state index contributed by atoms with van der Waals surface area (Å²) < 4.78 is 1.67. The smallest absolute Gasteiger partial charge is 0.269 e. The summed E-state index contributed by atoms with van der Waals surface area (Å²) in [6.07, 6.45) is 3.52. The van der Waals surface area contributed by atoms with Crippen LogP contribution >= 0.6 is 0 Å². The van der Waals surface area contributed by atoms with E-state index in [4.69, 9.17) is 0 Å². The fourth-order valence-corrected chi connectivity index (χ4v) is 2.81. The minimum absolute atomic E-state index is 0.205. The zero-order valence-corrected chi connectivity index (χ0v) is 15.3. The van der Waals surface area contributed by atoms with E-state index in [2.05, 4.69) is 30.7 Å². The van der Waals surface area contributed by atoms with Crippen molar-refractivity contribution >= 4 is 22.6 Å². The van der Waals surface area contributed by atoms with E-state index in [1.54, 1.807) is 16.9 Å². The quantitative estimate of drug-likeness (QED) is 0.504. The van der Waals surface area contributed by atoms with Gasteiger partial charge in [0.25, 0.3) is 5.91 Å². The Bertz CT molecular complexity index is 1110. The summed E-state index contributed by atoms with van der Waals surface area (Å²) in [6.45, 7) is 2.78. The molecule has 0 saturated heterocycles. The summed E-state index contributed by atoms with van der Waals surface area (Å²) in [4.78, 5) is 25.5. The fraction of sp³-hybridized carbons (Fsp3) is 0.150. The van der Waals surface area contributed by atoms with Gasteiger partial charge in [0.15, 0.2) is 5.82 Å². The third-order valence-corrected chi connectivity index (χ3v) is 4.11. The van der Waals surface area contributed by atoms with Crippen molar-refractivity contribution < 1.29 is 4.79 Å². The summed E-state index contributed by atoms with van der Waals surface area (Å²) in [5, 5.41) is 11.2. The van der Waals surface area contributed by atoms with Crippen molar-refractivity contribution in [1.29, 1.82) is 0 Å². The van der Waals surface area contributed by atoms with Crippen LogP contribution in [0.15, 0.2) is 60.9 Å². The van der Waals surface area contributed by atoms with Crippen LogP contribution in [-0.4, -0.2) is 43.7 Å². The number of carbonyl (C=O) groups is 1. The first-order valence-electron chi connectivity index (χ1n) is 8.92. The Hall–Kier alpha value is -3.81. The Morgan fingerprint density at radius 3 is 2.79 bits per heavy atom. The molecule has 0 aliphatic heterocycles. The van der Waals surface area contributed by atoms with E-state index in [0.717, 1.165) is 10.9 Å². The molecule has 4 aromatic rings. The molecule has 0 aliphatic rings. The third kappa shape index (κ3) is 3.96. The number of hydrogen-bond donors (Lipinski definition) is 2. The highest BCUT2D eigenvalue weighted by Gasteiger charge is 2.08. The number of hydrogen-bond acceptors (Lipinski definition) is 6. The van der Waals surface area contributed by atoms with Crippen LogP contribution in [0.4, 0.5) is 5.82 Å². The van der Waals surface area contributed by atoms with Crippen molar-refractivity contribution in [2.45, 2.75) is 6.92 Å². The number of para-hydroxylation sites is 1. The first kappa shape index (κ1) is 17.6. The average Bonchev–Trinajstić information content (AvgIpc) is 3.25. The summed E-state index contributed by atoms with van der Waals surface area (Å²) in [5.41, 5.74) is 1.20. The number of benzene rings is 1. The van der Waals surface area contributed by atoms with Gasteiger partial charge >= 0.3 is 0 Å². The van der Waals surface area contributed by atoms with Crippen molar-refractivity contribution in [1.82, 2.24) is 30.0 Å². The van der Waals surface area contributed by atoms with Crippen LogP contribution in [-0.2, 0) is 0 Å². The van der Waals surface area contributed by atoms with E-state index in [-0.39, 0.29) is 5.91 Å². The van der Waals surface area contributed by atoms with Crippen molar-refractivity contribution in [3.05, 3.63) is 72.4 Å². The van der Waals surface area contributed by atoms with Crippen molar-refractivity contribution in [2.24, 2.45) is 0 Å². The van der Waals surface area contributed by atoms with Gasteiger partial charge in [0, 0.05) is 36.9 Å². The molecule has 140 valence electrons. The number of anilines is 1. The molecule has 0 fully saturated rings. The zero-order valence-electron chi connectivity index (χ0n) is 15.3. The van der Waals surface area contributed by atoms with Gasteiger partial charge in [-0.1, -0.05) is 24.3 Å². The van der Waals surface area contributed by atoms with Gasteiger partial charge < -0.3 is 10.6 Å². The normalized spacial score (nSPS) is 10.8. The number of aryl methyl sites for hydroxylation is 1. The topological polar surface area (TPSA) is 97.6 Å². The molecule has 4 rings (SSSR count). The van der Waals surface area contributed by atoms with Crippen LogP contribution < -0.4 is 10.6 Å². The Morgan fingerprint density at radius 2 is 1.93 bits per heavy atom. The number of nitrogens with one attached hydrogen (secondary N) is 2. The molecule has 8 nitrogen and oxygen atoms in total. The van der Waals surface area contributed by atoms with Crippen LogP contribution in [0.2, 0.25) is 0 Å². The lowest BCUT2D eigenvalue weighted by atomic mass is 10.2. The minimum Gasteiger partial charge on any atom is -0.368 e. The second-order valence-corrected chi connectivity index (χ2v) is 6.18. The maximum Gasteiger partial charge on any atom is 0.269 e. The lowest BCUT2D eigenvalue weighted by Crippen LogP contribution is -2.29. The highest BCUT2D eigenvalue weighted by molar-refractivity contribution is 5.94. The molecule has 0 radical (unpaired) electrons. The number of fused-ring (bicyclic) bond motifs is 1.